The molecular formula is C13H20N2O4. The minimum Gasteiger partial charge on any atom is -0.481 e. The smallest absolute Gasteiger partial charge is 0.306 e. The molecule has 0 aromatic heterocycles. The molecule has 2 heterocycles. The van der Waals surface area contributed by atoms with Crippen molar-refractivity contribution < 1.29 is 19.5 Å². The molecular weight excluding hydrogens is 248 g/mol. The summed E-state index contributed by atoms with van der Waals surface area (Å²) in [6, 6.07) is -0.493. The number of amides is 2. The molecule has 2 unspecified atom stereocenters. The second-order valence-corrected chi connectivity index (χ2v) is 5.76. The number of hydrogen-bond donors (Lipinski definition) is 1. The lowest BCUT2D eigenvalue weighted by Gasteiger charge is -2.43. The van der Waals surface area contributed by atoms with Crippen molar-refractivity contribution in [1.82, 2.24) is 9.80 Å². The Bertz CT molecular complexity index is 415. The van der Waals surface area contributed by atoms with Gasteiger partial charge in [-0.3, -0.25) is 24.2 Å². The van der Waals surface area contributed by atoms with Gasteiger partial charge in [-0.2, -0.15) is 0 Å². The lowest BCUT2D eigenvalue weighted by atomic mass is 9.86. The van der Waals surface area contributed by atoms with Gasteiger partial charge in [0.25, 0.3) is 0 Å². The third-order valence-corrected chi connectivity index (χ3v) is 4.15. The molecule has 0 radical (unpaired) electrons. The lowest BCUT2D eigenvalue weighted by Crippen LogP contribution is -2.57. The zero-order valence-corrected chi connectivity index (χ0v) is 11.5. The number of hydrogen-bond acceptors (Lipinski definition) is 4. The third-order valence-electron chi connectivity index (χ3n) is 4.15. The van der Waals surface area contributed by atoms with E-state index in [4.69, 9.17) is 5.11 Å². The van der Waals surface area contributed by atoms with Crippen LogP contribution in [0.5, 0.6) is 0 Å². The van der Waals surface area contributed by atoms with Crippen molar-refractivity contribution in [3.63, 3.8) is 0 Å². The molecule has 1 N–H and O–H groups in total. The molecule has 0 saturated carbocycles. The summed E-state index contributed by atoms with van der Waals surface area (Å²) in [5, 5.41) is 8.93. The molecule has 2 aliphatic rings. The quantitative estimate of drug-likeness (QED) is 0.736. The fourth-order valence-corrected chi connectivity index (χ4v) is 2.78. The zero-order valence-electron chi connectivity index (χ0n) is 11.5. The van der Waals surface area contributed by atoms with E-state index in [1.165, 1.54) is 4.90 Å². The molecule has 106 valence electrons. The SMILES string of the molecule is CC(C(=O)O)C1CN(C2CC(=O)N(C(C)C)C2=O)C1. The molecule has 0 aromatic rings. The molecule has 0 aromatic carbocycles. The summed E-state index contributed by atoms with van der Waals surface area (Å²) in [5.74, 6) is -1.39. The van der Waals surface area contributed by atoms with E-state index < -0.39 is 11.9 Å². The van der Waals surface area contributed by atoms with Crippen LogP contribution in [0.1, 0.15) is 27.2 Å². The predicted octanol–water partition coefficient (Wildman–Crippen LogP) is 0.175. The van der Waals surface area contributed by atoms with Crippen molar-refractivity contribution in [2.45, 2.75) is 39.3 Å². The number of aliphatic carboxylic acids is 1. The molecule has 0 bridgehead atoms. The fourth-order valence-electron chi connectivity index (χ4n) is 2.78. The van der Waals surface area contributed by atoms with Crippen LogP contribution < -0.4 is 0 Å². The van der Waals surface area contributed by atoms with Crippen molar-refractivity contribution >= 4 is 17.8 Å². The van der Waals surface area contributed by atoms with Gasteiger partial charge in [-0.1, -0.05) is 6.92 Å². The van der Waals surface area contributed by atoms with Crippen molar-refractivity contribution in [1.29, 1.82) is 0 Å². The van der Waals surface area contributed by atoms with Gasteiger partial charge in [0, 0.05) is 19.1 Å². The molecule has 0 spiro atoms. The molecule has 2 atom stereocenters. The Balaban J connectivity index is 1.95. The van der Waals surface area contributed by atoms with Crippen LogP contribution in [0.3, 0.4) is 0 Å². The first-order chi connectivity index (χ1) is 8.82. The Kier molecular flexibility index (Phi) is 3.62. The van der Waals surface area contributed by atoms with Crippen molar-refractivity contribution in [3.8, 4) is 0 Å². The van der Waals surface area contributed by atoms with Gasteiger partial charge >= 0.3 is 5.97 Å². The zero-order chi connectivity index (χ0) is 14.3. The van der Waals surface area contributed by atoms with E-state index >= 15 is 0 Å². The van der Waals surface area contributed by atoms with E-state index in [0.717, 1.165) is 0 Å². The minimum atomic E-state index is -0.803. The van der Waals surface area contributed by atoms with E-state index in [0.29, 0.717) is 13.1 Å². The van der Waals surface area contributed by atoms with Gasteiger partial charge in [0.2, 0.25) is 11.8 Å². The predicted molar refractivity (Wildman–Crippen MR) is 67.3 cm³/mol. The number of carbonyl (C=O) groups is 3. The Morgan fingerprint density at radius 1 is 1.26 bits per heavy atom. The molecule has 6 heteroatoms. The summed E-state index contributed by atoms with van der Waals surface area (Å²) in [6.45, 7) is 6.51. The highest BCUT2D eigenvalue weighted by Gasteiger charge is 2.47. The van der Waals surface area contributed by atoms with Crippen LogP contribution >= 0.6 is 0 Å². The minimum absolute atomic E-state index is 0.0773. The first kappa shape index (κ1) is 14.0. The van der Waals surface area contributed by atoms with E-state index in [9.17, 15) is 14.4 Å². The first-order valence-electron chi connectivity index (χ1n) is 6.65. The average Bonchev–Trinajstić information content (AvgIpc) is 2.52. The van der Waals surface area contributed by atoms with Gasteiger partial charge in [-0.25, -0.2) is 0 Å². The van der Waals surface area contributed by atoms with E-state index in [1.54, 1.807) is 6.92 Å². The Morgan fingerprint density at radius 3 is 2.26 bits per heavy atom. The molecule has 2 saturated heterocycles. The molecule has 2 amide bonds. The van der Waals surface area contributed by atoms with E-state index in [1.807, 2.05) is 18.7 Å². The highest BCUT2D eigenvalue weighted by atomic mass is 16.4. The number of carbonyl (C=O) groups excluding carboxylic acids is 2. The lowest BCUT2D eigenvalue weighted by molar-refractivity contribution is -0.147. The van der Waals surface area contributed by atoms with Crippen LogP contribution in [-0.2, 0) is 14.4 Å². The van der Waals surface area contributed by atoms with Gasteiger partial charge in [0.15, 0.2) is 0 Å². The Hall–Kier alpha value is -1.43. The highest BCUT2D eigenvalue weighted by Crippen LogP contribution is 2.30. The van der Waals surface area contributed by atoms with Crippen LogP contribution in [0.4, 0.5) is 0 Å². The Labute approximate surface area is 112 Å². The van der Waals surface area contributed by atoms with Crippen LogP contribution in [0.25, 0.3) is 0 Å². The normalized spacial score (nSPS) is 26.9. The van der Waals surface area contributed by atoms with Crippen LogP contribution in [-0.4, -0.2) is 57.9 Å². The average molecular weight is 268 g/mol. The van der Waals surface area contributed by atoms with Gasteiger partial charge in [-0.05, 0) is 19.8 Å². The highest BCUT2D eigenvalue weighted by molar-refractivity contribution is 6.05. The monoisotopic (exact) mass is 268 g/mol. The van der Waals surface area contributed by atoms with Gasteiger partial charge in [0.1, 0.15) is 0 Å². The number of nitrogens with zero attached hydrogens (tertiary/aromatic N) is 2. The fraction of sp³-hybridized carbons (Fsp3) is 0.769. The summed E-state index contributed by atoms with van der Waals surface area (Å²) in [4.78, 5) is 38.1. The molecule has 2 rings (SSSR count). The largest absolute Gasteiger partial charge is 0.481 e. The number of carboxylic acids is 1. The van der Waals surface area contributed by atoms with Crippen LogP contribution in [0, 0.1) is 11.8 Å². The number of imide groups is 1. The summed E-state index contributed by atoms with van der Waals surface area (Å²) in [6.07, 6.45) is 0.227. The second-order valence-electron chi connectivity index (χ2n) is 5.76. The number of rotatable bonds is 4. The molecule has 19 heavy (non-hydrogen) atoms. The van der Waals surface area contributed by atoms with Gasteiger partial charge < -0.3 is 5.11 Å². The molecule has 6 nitrogen and oxygen atoms in total. The van der Waals surface area contributed by atoms with Crippen molar-refractivity contribution in [3.05, 3.63) is 0 Å². The first-order valence-corrected chi connectivity index (χ1v) is 6.65. The third kappa shape index (κ3) is 2.36. The number of likely N-dealkylation sites (tertiary alicyclic amines) is 2. The summed E-state index contributed by atoms with van der Waals surface area (Å²) in [5.41, 5.74) is 0. The van der Waals surface area contributed by atoms with Crippen LogP contribution in [0.2, 0.25) is 0 Å². The number of carboxylic acid groups (broad SMARTS) is 1. The summed E-state index contributed by atoms with van der Waals surface area (Å²) >= 11 is 0. The Morgan fingerprint density at radius 2 is 1.84 bits per heavy atom. The second kappa shape index (κ2) is 4.92. The van der Waals surface area contributed by atoms with Crippen LogP contribution in [0.15, 0.2) is 0 Å². The molecule has 2 fully saturated rings. The maximum Gasteiger partial charge on any atom is 0.306 e. The van der Waals surface area contributed by atoms with E-state index in [-0.39, 0.29) is 36.2 Å². The maximum absolute atomic E-state index is 12.1. The van der Waals surface area contributed by atoms with Gasteiger partial charge in [-0.15, -0.1) is 0 Å². The summed E-state index contributed by atoms with van der Waals surface area (Å²) < 4.78 is 0. The molecule has 2 aliphatic heterocycles. The van der Waals surface area contributed by atoms with Crippen molar-refractivity contribution in [2.24, 2.45) is 11.8 Å². The summed E-state index contributed by atoms with van der Waals surface area (Å²) in [7, 11) is 0. The topological polar surface area (TPSA) is 77.9 Å². The van der Waals surface area contributed by atoms with Crippen molar-refractivity contribution in [2.75, 3.05) is 13.1 Å². The van der Waals surface area contributed by atoms with E-state index in [2.05, 4.69) is 0 Å². The standard InChI is InChI=1S/C13H20N2O4/c1-7(2)15-11(16)4-10(12(15)17)14-5-9(6-14)8(3)13(18)19/h7-10H,4-6H2,1-3H3,(H,18,19). The van der Waals surface area contributed by atoms with Gasteiger partial charge in [0.05, 0.1) is 18.4 Å². The maximum atomic E-state index is 12.1. The molecule has 0 aliphatic carbocycles.